The molecule has 0 bridgehead atoms. The highest BCUT2D eigenvalue weighted by atomic mass is 19.4. The predicted molar refractivity (Wildman–Crippen MR) is 145 cm³/mol. The molecule has 9 nitrogen and oxygen atoms in total. The third-order valence-corrected chi connectivity index (χ3v) is 9.04. The molecule has 7 rings (SSSR count). The van der Waals surface area contributed by atoms with Gasteiger partial charge in [0, 0.05) is 38.2 Å². The Balaban J connectivity index is 1.41. The average Bonchev–Trinajstić information content (AvgIpc) is 3.43. The number of nitrogens with two attached hydrogens (primary N) is 1. The van der Waals surface area contributed by atoms with Crippen LogP contribution in [0.3, 0.4) is 0 Å². The number of aromatic nitrogens is 3. The predicted octanol–water partition coefficient (Wildman–Crippen LogP) is 4.01. The van der Waals surface area contributed by atoms with Gasteiger partial charge in [-0.2, -0.15) is 23.1 Å². The molecule has 6 heterocycles. The largest absolute Gasteiger partial charge is 0.475 e. The number of anilines is 2. The van der Waals surface area contributed by atoms with E-state index in [4.69, 9.17) is 15.2 Å². The summed E-state index contributed by atoms with van der Waals surface area (Å²) in [6.07, 6.45) is -4.15. The maximum absolute atomic E-state index is 16.5. The first-order valence-electron chi connectivity index (χ1n) is 14.2. The summed E-state index contributed by atoms with van der Waals surface area (Å²) >= 11 is 0. The molecule has 0 saturated carbocycles. The lowest BCUT2D eigenvalue weighted by Gasteiger charge is -2.35. The zero-order valence-electron chi connectivity index (χ0n) is 23.2. The molecule has 1 aromatic carbocycles. The van der Waals surface area contributed by atoms with Crippen molar-refractivity contribution in [3.05, 3.63) is 28.8 Å². The summed E-state index contributed by atoms with van der Waals surface area (Å²) in [7, 11) is 0. The second kappa shape index (κ2) is 9.97. The normalized spacial score (nSPS) is 25.4. The van der Waals surface area contributed by atoms with Crippen LogP contribution in [0, 0.1) is 18.6 Å². The summed E-state index contributed by atoms with van der Waals surface area (Å²) in [5, 5.41) is 3.35. The summed E-state index contributed by atoms with van der Waals surface area (Å²) in [5.41, 5.74) is 0.552. The van der Waals surface area contributed by atoms with Gasteiger partial charge in [0.15, 0.2) is 5.82 Å². The van der Waals surface area contributed by atoms with Crippen molar-refractivity contribution in [1.29, 1.82) is 0 Å². The topological polar surface area (TPSA) is 102 Å². The van der Waals surface area contributed by atoms with Crippen molar-refractivity contribution in [2.45, 2.75) is 50.1 Å². The molecule has 230 valence electrons. The van der Waals surface area contributed by atoms with E-state index in [0.717, 1.165) is 32.4 Å². The Morgan fingerprint density at radius 3 is 2.79 bits per heavy atom. The molecule has 15 heteroatoms. The summed E-state index contributed by atoms with van der Waals surface area (Å²) in [5.74, 6) is -2.32. The molecule has 0 amide bonds. The van der Waals surface area contributed by atoms with Crippen molar-refractivity contribution in [2.75, 3.05) is 56.6 Å². The van der Waals surface area contributed by atoms with Gasteiger partial charge < -0.3 is 25.4 Å². The lowest BCUT2D eigenvalue weighted by Crippen LogP contribution is -2.53. The van der Waals surface area contributed by atoms with Crippen molar-refractivity contribution in [3.63, 3.8) is 0 Å². The van der Waals surface area contributed by atoms with Gasteiger partial charge in [0.2, 0.25) is 5.88 Å². The van der Waals surface area contributed by atoms with Crippen molar-refractivity contribution < 1.29 is 35.8 Å². The Morgan fingerprint density at radius 2 is 2.00 bits per heavy atom. The lowest BCUT2D eigenvalue weighted by molar-refractivity contribution is -0.137. The SMILES string of the molecule is Cc1c(F)c(N)cc(-c2nc3c4c(nc(OC[C@@]56CCCN5C[C@H](F)C6)nc4c2F)N2CCNC[C@H]2CO3)c1C(F)(F)F. The Kier molecular flexibility index (Phi) is 6.54. The van der Waals surface area contributed by atoms with Crippen molar-refractivity contribution in [3.8, 4) is 23.1 Å². The molecule has 4 aliphatic heterocycles. The van der Waals surface area contributed by atoms with Gasteiger partial charge in [-0.1, -0.05) is 0 Å². The fourth-order valence-corrected chi connectivity index (χ4v) is 7.04. The van der Waals surface area contributed by atoms with E-state index < -0.39 is 57.6 Å². The highest BCUT2D eigenvalue weighted by molar-refractivity contribution is 5.97. The zero-order valence-corrected chi connectivity index (χ0v) is 23.2. The second-order valence-electron chi connectivity index (χ2n) is 11.7. The summed E-state index contributed by atoms with van der Waals surface area (Å²) in [6, 6.07) is 0.277. The first kappa shape index (κ1) is 28.2. The number of nitrogens with one attached hydrogen (secondary N) is 1. The minimum Gasteiger partial charge on any atom is -0.475 e. The summed E-state index contributed by atoms with van der Waals surface area (Å²) in [6.45, 7) is 3.71. The number of alkyl halides is 4. The number of ether oxygens (including phenoxy) is 2. The second-order valence-corrected chi connectivity index (χ2v) is 11.7. The Hall–Kier alpha value is -3.59. The van der Waals surface area contributed by atoms with Crippen molar-refractivity contribution in [2.24, 2.45) is 0 Å². The quantitative estimate of drug-likeness (QED) is 0.336. The van der Waals surface area contributed by atoms with E-state index >= 15 is 4.39 Å². The van der Waals surface area contributed by atoms with E-state index in [1.807, 2.05) is 4.90 Å². The molecule has 0 aliphatic carbocycles. The molecule has 3 saturated heterocycles. The van der Waals surface area contributed by atoms with Gasteiger partial charge in [0.1, 0.15) is 47.6 Å². The fourth-order valence-electron chi connectivity index (χ4n) is 7.04. The number of rotatable bonds is 4. The first-order chi connectivity index (χ1) is 20.5. The van der Waals surface area contributed by atoms with Crippen molar-refractivity contribution in [1.82, 2.24) is 25.2 Å². The van der Waals surface area contributed by atoms with Gasteiger partial charge in [-0.15, -0.1) is 0 Å². The Bertz CT molecular complexity index is 1620. The molecule has 2 aromatic heterocycles. The van der Waals surface area contributed by atoms with Crippen LogP contribution in [0.5, 0.6) is 11.9 Å². The zero-order chi connectivity index (χ0) is 30.3. The minimum absolute atomic E-state index is 0.0676. The van der Waals surface area contributed by atoms with E-state index in [9.17, 15) is 22.0 Å². The van der Waals surface area contributed by atoms with E-state index in [2.05, 4.69) is 25.2 Å². The molecule has 3 N–H and O–H groups in total. The Labute approximate surface area is 242 Å². The molecule has 4 aliphatic rings. The maximum Gasteiger partial charge on any atom is 0.417 e. The number of fused-ring (bicyclic) bond motifs is 3. The molecule has 3 aromatic rings. The highest BCUT2D eigenvalue weighted by Crippen LogP contribution is 2.46. The number of pyridine rings is 1. The van der Waals surface area contributed by atoms with Gasteiger partial charge in [-0.3, -0.25) is 4.90 Å². The number of hydrogen-bond acceptors (Lipinski definition) is 9. The van der Waals surface area contributed by atoms with E-state index in [1.54, 1.807) is 0 Å². The maximum atomic E-state index is 16.5. The molecule has 0 radical (unpaired) electrons. The molecular weight excluding hydrogens is 580 g/mol. The molecule has 3 fully saturated rings. The molecule has 3 atom stereocenters. The third-order valence-electron chi connectivity index (χ3n) is 9.04. The van der Waals surface area contributed by atoms with E-state index in [0.29, 0.717) is 32.6 Å². The number of halogens is 6. The van der Waals surface area contributed by atoms with Gasteiger partial charge in [0.25, 0.3) is 0 Å². The minimum atomic E-state index is -5.05. The number of piperazine rings is 1. The molecule has 43 heavy (non-hydrogen) atoms. The fraction of sp³-hybridized carbons (Fsp3) is 0.536. The summed E-state index contributed by atoms with van der Waals surface area (Å²) in [4.78, 5) is 17.1. The number of benzene rings is 1. The number of nitrogen functional groups attached to an aromatic ring is 1. The first-order valence-corrected chi connectivity index (χ1v) is 14.2. The van der Waals surface area contributed by atoms with Gasteiger partial charge in [-0.05, 0) is 37.9 Å². The van der Waals surface area contributed by atoms with Crippen LogP contribution >= 0.6 is 0 Å². The van der Waals surface area contributed by atoms with Crippen LogP contribution in [0.25, 0.3) is 22.2 Å². The highest BCUT2D eigenvalue weighted by Gasteiger charge is 2.49. The number of hydrogen-bond donors (Lipinski definition) is 2. The van der Waals surface area contributed by atoms with Crippen LogP contribution in [-0.2, 0) is 6.18 Å². The van der Waals surface area contributed by atoms with Gasteiger partial charge >= 0.3 is 12.2 Å². The van der Waals surface area contributed by atoms with Crippen LogP contribution in [0.1, 0.15) is 30.4 Å². The van der Waals surface area contributed by atoms with Crippen molar-refractivity contribution >= 4 is 22.4 Å². The third kappa shape index (κ3) is 4.50. The Morgan fingerprint density at radius 1 is 1.19 bits per heavy atom. The summed E-state index contributed by atoms with van der Waals surface area (Å²) < 4.78 is 100. The van der Waals surface area contributed by atoms with Gasteiger partial charge in [-0.25, -0.2) is 18.2 Å². The van der Waals surface area contributed by atoms with Crippen LogP contribution in [0.15, 0.2) is 6.07 Å². The molecular formula is C28H29F6N7O2. The van der Waals surface area contributed by atoms with Crippen LogP contribution in [0.4, 0.5) is 37.8 Å². The lowest BCUT2D eigenvalue weighted by atomic mass is 9.95. The van der Waals surface area contributed by atoms with Crippen LogP contribution < -0.4 is 25.4 Å². The smallest absolute Gasteiger partial charge is 0.417 e. The van der Waals surface area contributed by atoms with Crippen LogP contribution in [0.2, 0.25) is 0 Å². The number of nitrogens with zero attached hydrogens (tertiary/aromatic N) is 5. The average molecular weight is 610 g/mol. The monoisotopic (exact) mass is 609 g/mol. The molecule has 0 unspecified atom stereocenters. The van der Waals surface area contributed by atoms with E-state index in [1.165, 1.54) is 0 Å². The van der Waals surface area contributed by atoms with Crippen LogP contribution in [-0.4, -0.2) is 83.5 Å². The molecule has 0 spiro atoms. The van der Waals surface area contributed by atoms with E-state index in [-0.39, 0.29) is 47.9 Å². The van der Waals surface area contributed by atoms with Gasteiger partial charge in [0.05, 0.1) is 22.8 Å². The standard InChI is InChI=1S/C28H29F6N7O2/c1-13-19(28(32,33)34)16(7-17(35)20(13)30)22-21(31)23-18-24(41-6-4-36-9-15(41)11-42-25(18)37-22)39-26(38-23)43-12-27-3-2-5-40(27)10-14(29)8-27/h7,14-15,36H,2-6,8-12,35H2,1H3/t14-,15+,27+/m1/s1.